The van der Waals surface area contributed by atoms with Crippen molar-refractivity contribution in [2.45, 2.75) is 184 Å². The Labute approximate surface area is 296 Å². The lowest BCUT2D eigenvalue weighted by molar-refractivity contribution is -0.312. The quantitative estimate of drug-likeness (QED) is 0.0679. The van der Waals surface area contributed by atoms with Crippen LogP contribution in [0.4, 0.5) is 0 Å². The van der Waals surface area contributed by atoms with Gasteiger partial charge in [0.15, 0.2) is 12.4 Å². The van der Waals surface area contributed by atoms with Crippen LogP contribution in [0.2, 0.25) is 0 Å². The maximum Gasteiger partial charge on any atom is 0.335 e. The van der Waals surface area contributed by atoms with Crippen molar-refractivity contribution in [2.24, 2.45) is 5.92 Å². The van der Waals surface area contributed by atoms with Gasteiger partial charge in [0.25, 0.3) is 0 Å². The van der Waals surface area contributed by atoms with Gasteiger partial charge in [-0.25, -0.2) is 4.79 Å². The van der Waals surface area contributed by atoms with Crippen LogP contribution in [-0.4, -0.2) is 133 Å². The molecule has 2 aliphatic rings. The second kappa shape index (κ2) is 22.2. The largest absolute Gasteiger partial charge is 0.480 e. The number of aliphatic hydroxyl groups excluding tert-OH is 5. The van der Waals surface area contributed by atoms with Crippen LogP contribution in [0.5, 0.6) is 0 Å². The van der Waals surface area contributed by atoms with E-state index in [1.54, 1.807) is 0 Å². The first-order valence-electron chi connectivity index (χ1n) is 18.4. The van der Waals surface area contributed by atoms with E-state index >= 15 is 0 Å². The summed E-state index contributed by atoms with van der Waals surface area (Å²) in [4.78, 5) is 36.7. The molecule has 9 N–H and O–H groups in total. The summed E-state index contributed by atoms with van der Waals surface area (Å²) in [5.74, 6) is -4.42. The Morgan fingerprint density at radius 2 is 1.38 bits per heavy atom. The molecule has 1 heterocycles. The molecule has 0 bridgehead atoms. The first kappa shape index (κ1) is 44.2. The molecule has 50 heavy (non-hydrogen) atoms. The Morgan fingerprint density at radius 3 is 1.94 bits per heavy atom. The molecule has 2 fully saturated rings. The summed E-state index contributed by atoms with van der Waals surface area (Å²) in [7, 11) is 0. The van der Waals surface area contributed by atoms with Crippen molar-refractivity contribution < 1.29 is 64.3 Å². The molecule has 0 radical (unpaired) electrons. The van der Waals surface area contributed by atoms with Gasteiger partial charge in [0.2, 0.25) is 5.91 Å². The number of rotatable bonds is 23. The van der Waals surface area contributed by atoms with Crippen LogP contribution in [-0.2, 0) is 28.6 Å². The van der Waals surface area contributed by atoms with Gasteiger partial charge in [-0.05, 0) is 52.9 Å². The van der Waals surface area contributed by atoms with Crippen LogP contribution < -0.4 is 10.6 Å². The van der Waals surface area contributed by atoms with E-state index in [-0.39, 0.29) is 19.6 Å². The van der Waals surface area contributed by atoms with Crippen molar-refractivity contribution in [3.8, 4) is 0 Å². The maximum atomic E-state index is 13.0. The lowest BCUT2D eigenvalue weighted by Crippen LogP contribution is -2.64. The number of unbranched alkanes of at least 4 members (excludes halogenated alkanes) is 10. The van der Waals surface area contributed by atoms with Crippen LogP contribution in [0.25, 0.3) is 0 Å². The number of amides is 1. The minimum absolute atomic E-state index is 0.150. The van der Waals surface area contributed by atoms with Crippen molar-refractivity contribution in [1.82, 2.24) is 10.6 Å². The van der Waals surface area contributed by atoms with Crippen LogP contribution in [0, 0.1) is 5.92 Å². The van der Waals surface area contributed by atoms with E-state index in [0.29, 0.717) is 25.7 Å². The third kappa shape index (κ3) is 14.6. The van der Waals surface area contributed by atoms with Gasteiger partial charge >= 0.3 is 11.9 Å². The van der Waals surface area contributed by atoms with Gasteiger partial charge in [-0.3, -0.25) is 14.9 Å². The van der Waals surface area contributed by atoms with Gasteiger partial charge in [0.1, 0.15) is 36.6 Å². The number of hydrogen-bond donors (Lipinski definition) is 9. The number of carboxylic acid groups (broad SMARTS) is 2. The van der Waals surface area contributed by atoms with Crippen molar-refractivity contribution in [1.29, 1.82) is 0 Å². The molecule has 11 atom stereocenters. The Kier molecular flexibility index (Phi) is 19.6. The zero-order chi connectivity index (χ0) is 37.4. The molecule has 1 saturated carbocycles. The molecule has 292 valence electrons. The fraction of sp³-hybridized carbons (Fsp3) is 0.914. The molecule has 0 spiro atoms. The summed E-state index contributed by atoms with van der Waals surface area (Å²) < 4.78 is 16.9. The first-order chi connectivity index (χ1) is 23.6. The highest BCUT2D eigenvalue weighted by Gasteiger charge is 2.53. The molecule has 1 aliphatic carbocycles. The van der Waals surface area contributed by atoms with Crippen molar-refractivity contribution in [2.75, 3.05) is 13.2 Å². The van der Waals surface area contributed by atoms with Gasteiger partial charge in [-0.1, -0.05) is 64.7 Å². The summed E-state index contributed by atoms with van der Waals surface area (Å²) in [6.45, 7) is 8.10. The highest BCUT2D eigenvalue weighted by Crippen LogP contribution is 2.33. The van der Waals surface area contributed by atoms with Crippen LogP contribution in [0.1, 0.15) is 118 Å². The SMILES string of the molecule is CCCCCCCCCCCCO[C@@H]1O[C@H](C(=O)O)[C@@H](O[C@@H]2C[C@H](C(=O)NCCCC[C@H](NC(C)(C)C)C(=O)O)[C@@H](O)[C@H](O)[C@H]2O)[C@H](O)[C@H]1O. The van der Waals surface area contributed by atoms with Crippen LogP contribution in [0.15, 0.2) is 0 Å². The van der Waals surface area contributed by atoms with E-state index in [4.69, 9.17) is 14.2 Å². The number of carbonyl (C=O) groups excluding carboxylic acids is 1. The fourth-order valence-electron chi connectivity index (χ4n) is 6.50. The highest BCUT2D eigenvalue weighted by atomic mass is 16.7. The van der Waals surface area contributed by atoms with Gasteiger partial charge in [0.05, 0.1) is 18.1 Å². The molecule has 15 heteroatoms. The minimum Gasteiger partial charge on any atom is -0.480 e. The standard InChI is InChI=1S/C35H64N2O13/c1-5-6-7-8-9-10-11-12-13-16-19-48-34-28(42)27(41)29(30(50-34)33(46)47)49-23-20-21(24(38)26(40)25(23)39)31(43)36-18-15-14-17-22(32(44)45)37-35(2,3)4/h21-30,34,37-42H,5-20H2,1-4H3,(H,36,43)(H,44,45)(H,46,47)/t21-,22-,23+,24+,25-,26-,27+,28+,29-,30-,34+/m0/s1. The number of carbonyl (C=O) groups is 3. The molecule has 15 nitrogen and oxygen atoms in total. The average Bonchev–Trinajstić information content (AvgIpc) is 3.04. The maximum absolute atomic E-state index is 13.0. The Bertz CT molecular complexity index is 1010. The minimum atomic E-state index is -1.84. The van der Waals surface area contributed by atoms with E-state index in [0.717, 1.165) is 19.3 Å². The Morgan fingerprint density at radius 1 is 0.780 bits per heavy atom. The number of aliphatic carboxylic acids is 2. The summed E-state index contributed by atoms with van der Waals surface area (Å²) in [5, 5.41) is 78.5. The predicted octanol–water partition coefficient (Wildman–Crippen LogP) is 1.44. The van der Waals surface area contributed by atoms with Gasteiger partial charge in [0, 0.05) is 18.7 Å². The Balaban J connectivity index is 1.88. The highest BCUT2D eigenvalue weighted by molar-refractivity contribution is 5.79. The number of aliphatic hydroxyl groups is 5. The molecule has 1 saturated heterocycles. The molecular formula is C35H64N2O13. The molecule has 1 aliphatic heterocycles. The predicted molar refractivity (Wildman–Crippen MR) is 182 cm³/mol. The number of carboxylic acids is 2. The van der Waals surface area contributed by atoms with Gasteiger partial charge in [-0.2, -0.15) is 0 Å². The lowest BCUT2D eigenvalue weighted by Gasteiger charge is -2.45. The van der Waals surface area contributed by atoms with Crippen LogP contribution in [0.3, 0.4) is 0 Å². The summed E-state index contributed by atoms with van der Waals surface area (Å²) in [5.41, 5.74) is -0.400. The summed E-state index contributed by atoms with van der Waals surface area (Å²) >= 11 is 0. The third-order valence-electron chi connectivity index (χ3n) is 9.34. The molecule has 0 aromatic carbocycles. The second-order valence-corrected chi connectivity index (χ2v) is 14.8. The first-order valence-corrected chi connectivity index (χ1v) is 18.4. The molecular weight excluding hydrogens is 656 g/mol. The zero-order valence-corrected chi connectivity index (χ0v) is 30.2. The van der Waals surface area contributed by atoms with Crippen molar-refractivity contribution in [3.63, 3.8) is 0 Å². The van der Waals surface area contributed by atoms with Crippen LogP contribution >= 0.6 is 0 Å². The molecule has 2 rings (SSSR count). The average molecular weight is 721 g/mol. The fourth-order valence-corrected chi connectivity index (χ4v) is 6.50. The molecule has 0 aromatic heterocycles. The van der Waals surface area contributed by atoms with E-state index in [1.165, 1.54) is 38.5 Å². The van der Waals surface area contributed by atoms with E-state index < -0.39 is 90.5 Å². The third-order valence-corrected chi connectivity index (χ3v) is 9.34. The summed E-state index contributed by atoms with van der Waals surface area (Å²) in [6.07, 6.45) is -3.16. The summed E-state index contributed by atoms with van der Waals surface area (Å²) in [6, 6.07) is -0.765. The Hall–Kier alpha value is -1.95. The number of ether oxygens (including phenoxy) is 3. The monoisotopic (exact) mass is 720 g/mol. The number of nitrogens with one attached hydrogen (secondary N) is 2. The normalized spacial score (nSPS) is 30.9. The molecule has 1 amide bonds. The van der Waals surface area contributed by atoms with Gasteiger partial charge in [-0.15, -0.1) is 0 Å². The van der Waals surface area contributed by atoms with Crippen molar-refractivity contribution >= 4 is 17.8 Å². The second-order valence-electron chi connectivity index (χ2n) is 14.8. The topological polar surface area (TPSA) is 245 Å². The van der Waals surface area contributed by atoms with E-state index in [2.05, 4.69) is 17.6 Å². The lowest BCUT2D eigenvalue weighted by atomic mass is 9.80. The van der Waals surface area contributed by atoms with Crippen molar-refractivity contribution in [3.05, 3.63) is 0 Å². The molecule has 0 aromatic rings. The zero-order valence-electron chi connectivity index (χ0n) is 30.2. The smallest absolute Gasteiger partial charge is 0.335 e. The van der Waals surface area contributed by atoms with E-state index in [1.807, 2.05) is 20.8 Å². The van der Waals surface area contributed by atoms with E-state index in [9.17, 15) is 50.1 Å². The van der Waals surface area contributed by atoms with Gasteiger partial charge < -0.3 is 55.3 Å². The number of hydrogen-bond acceptors (Lipinski definition) is 12. The molecule has 0 unspecified atom stereocenters.